The minimum Gasteiger partial charge on any atom is -0.369 e. The molecule has 0 aliphatic carbocycles. The van der Waals surface area contributed by atoms with Crippen LogP contribution >= 0.6 is 0 Å². The van der Waals surface area contributed by atoms with E-state index in [0.29, 0.717) is 17.3 Å². The van der Waals surface area contributed by atoms with Gasteiger partial charge in [-0.15, -0.1) is 5.10 Å². The number of nitrogens with zero attached hydrogens (tertiary/aromatic N) is 3. The van der Waals surface area contributed by atoms with Crippen LogP contribution in [-0.4, -0.2) is 27.5 Å². The Morgan fingerprint density at radius 1 is 1.27 bits per heavy atom. The van der Waals surface area contributed by atoms with Gasteiger partial charge in [0.25, 0.3) is 0 Å². The number of ketones is 1. The van der Waals surface area contributed by atoms with Gasteiger partial charge < -0.3 is 10.6 Å². The molecule has 2 aromatic rings. The number of rotatable bonds is 8. The fourth-order valence-corrected chi connectivity index (χ4v) is 1.98. The van der Waals surface area contributed by atoms with Crippen LogP contribution < -0.4 is 10.6 Å². The molecule has 0 radical (unpaired) electrons. The lowest BCUT2D eigenvalue weighted by Crippen LogP contribution is -2.07. The quantitative estimate of drug-likeness (QED) is 0.574. The van der Waals surface area contributed by atoms with Gasteiger partial charge in [-0.25, -0.2) is 0 Å². The second kappa shape index (κ2) is 8.07. The van der Waals surface area contributed by atoms with Crippen molar-refractivity contribution in [2.45, 2.75) is 33.1 Å². The summed E-state index contributed by atoms with van der Waals surface area (Å²) in [6.07, 6.45) is 5.07. The molecule has 22 heavy (non-hydrogen) atoms. The lowest BCUT2D eigenvalue weighted by Gasteiger charge is -2.08. The highest BCUT2D eigenvalue weighted by atomic mass is 16.1. The van der Waals surface area contributed by atoms with Crippen molar-refractivity contribution in [3.05, 3.63) is 36.0 Å². The fourth-order valence-electron chi connectivity index (χ4n) is 1.98. The zero-order valence-electron chi connectivity index (χ0n) is 13.0. The first-order chi connectivity index (χ1) is 10.7. The van der Waals surface area contributed by atoms with Gasteiger partial charge in [0, 0.05) is 17.8 Å². The Bertz CT molecular complexity index is 629. The van der Waals surface area contributed by atoms with E-state index in [4.69, 9.17) is 0 Å². The number of unbranched alkanes of at least 4 members (excludes halogenated alkanes) is 2. The molecule has 0 fully saturated rings. The maximum Gasteiger partial charge on any atom is 0.249 e. The standard InChI is InChI=1S/C16H21N5O/c1-3-4-5-9-17-15-11-18-21-16(20-15)19-14-8-6-7-13(10-14)12(2)22/h6-8,10-11H,3-5,9H2,1-2H3,(H2,17,19,20,21). The molecule has 1 aromatic heterocycles. The Hall–Kier alpha value is -2.50. The molecule has 2 rings (SSSR count). The van der Waals surface area contributed by atoms with Crippen LogP contribution in [0.4, 0.5) is 17.5 Å². The van der Waals surface area contributed by atoms with Gasteiger partial charge in [0.2, 0.25) is 5.95 Å². The molecule has 2 N–H and O–H groups in total. The molecular weight excluding hydrogens is 278 g/mol. The smallest absolute Gasteiger partial charge is 0.249 e. The molecule has 1 heterocycles. The molecule has 0 unspecified atom stereocenters. The fraction of sp³-hybridized carbons (Fsp3) is 0.375. The average molecular weight is 299 g/mol. The monoisotopic (exact) mass is 299 g/mol. The summed E-state index contributed by atoms with van der Waals surface area (Å²) < 4.78 is 0. The van der Waals surface area contributed by atoms with Crippen molar-refractivity contribution in [3.8, 4) is 0 Å². The highest BCUT2D eigenvalue weighted by Crippen LogP contribution is 2.15. The number of benzene rings is 1. The van der Waals surface area contributed by atoms with E-state index >= 15 is 0 Å². The van der Waals surface area contributed by atoms with Gasteiger partial charge in [-0.3, -0.25) is 4.79 Å². The van der Waals surface area contributed by atoms with Crippen molar-refractivity contribution in [2.24, 2.45) is 0 Å². The van der Waals surface area contributed by atoms with Crippen molar-refractivity contribution in [1.29, 1.82) is 0 Å². The van der Waals surface area contributed by atoms with Gasteiger partial charge in [0.1, 0.15) is 0 Å². The van der Waals surface area contributed by atoms with Crippen LogP contribution in [0.25, 0.3) is 0 Å². The van der Waals surface area contributed by atoms with Crippen LogP contribution in [0.15, 0.2) is 30.5 Å². The topological polar surface area (TPSA) is 79.8 Å². The van der Waals surface area contributed by atoms with Crippen LogP contribution in [0.2, 0.25) is 0 Å². The molecule has 0 saturated carbocycles. The van der Waals surface area contributed by atoms with Gasteiger partial charge in [-0.05, 0) is 25.5 Å². The first kappa shape index (κ1) is 15.9. The molecule has 6 heteroatoms. The molecule has 6 nitrogen and oxygen atoms in total. The minimum absolute atomic E-state index is 0.0223. The van der Waals surface area contributed by atoms with E-state index < -0.39 is 0 Å². The summed E-state index contributed by atoms with van der Waals surface area (Å²) >= 11 is 0. The SMILES string of the molecule is CCCCCNc1cnnc(Nc2cccc(C(C)=O)c2)n1. The van der Waals surface area contributed by atoms with E-state index in [9.17, 15) is 4.79 Å². The zero-order chi connectivity index (χ0) is 15.8. The van der Waals surface area contributed by atoms with Gasteiger partial charge >= 0.3 is 0 Å². The third kappa shape index (κ3) is 4.80. The van der Waals surface area contributed by atoms with Gasteiger partial charge in [-0.2, -0.15) is 10.1 Å². The first-order valence-electron chi connectivity index (χ1n) is 7.50. The summed E-state index contributed by atoms with van der Waals surface area (Å²) in [5.41, 5.74) is 1.41. The molecule has 0 aliphatic heterocycles. The molecule has 116 valence electrons. The molecule has 1 aromatic carbocycles. The third-order valence-corrected chi connectivity index (χ3v) is 3.17. The van der Waals surface area contributed by atoms with E-state index in [-0.39, 0.29) is 5.78 Å². The van der Waals surface area contributed by atoms with Crippen LogP contribution in [-0.2, 0) is 0 Å². The second-order valence-corrected chi connectivity index (χ2v) is 5.06. The summed E-state index contributed by atoms with van der Waals surface area (Å²) in [4.78, 5) is 15.8. The van der Waals surface area contributed by atoms with Crippen molar-refractivity contribution in [2.75, 3.05) is 17.2 Å². The lowest BCUT2D eigenvalue weighted by atomic mass is 10.1. The largest absolute Gasteiger partial charge is 0.369 e. The van der Waals surface area contributed by atoms with Crippen molar-refractivity contribution < 1.29 is 4.79 Å². The summed E-state index contributed by atoms with van der Waals surface area (Å²) in [5, 5.41) is 14.2. The number of hydrogen-bond acceptors (Lipinski definition) is 6. The Balaban J connectivity index is 2.00. The predicted octanol–water partition coefficient (Wildman–Crippen LogP) is 3.42. The number of anilines is 3. The minimum atomic E-state index is 0.0223. The first-order valence-corrected chi connectivity index (χ1v) is 7.50. The summed E-state index contributed by atoms with van der Waals surface area (Å²) in [7, 11) is 0. The Kier molecular flexibility index (Phi) is 5.82. The van der Waals surface area contributed by atoms with Crippen LogP contribution in [0.5, 0.6) is 0 Å². The Morgan fingerprint density at radius 3 is 2.91 bits per heavy atom. The molecule has 0 amide bonds. The summed E-state index contributed by atoms with van der Waals surface area (Å²) in [5.74, 6) is 1.12. The van der Waals surface area contributed by atoms with Crippen LogP contribution in [0.3, 0.4) is 0 Å². The van der Waals surface area contributed by atoms with Crippen LogP contribution in [0, 0.1) is 0 Å². The van der Waals surface area contributed by atoms with Gasteiger partial charge in [0.15, 0.2) is 11.6 Å². The molecule has 0 spiro atoms. The number of Topliss-reactive ketones (excluding diaryl/α,β-unsaturated/α-hetero) is 1. The van der Waals surface area contributed by atoms with E-state index in [1.165, 1.54) is 19.8 Å². The maximum absolute atomic E-state index is 11.4. The number of carbonyl (C=O) groups excluding carboxylic acids is 1. The van der Waals surface area contributed by atoms with Crippen LogP contribution in [0.1, 0.15) is 43.5 Å². The summed E-state index contributed by atoms with van der Waals surface area (Å²) in [6, 6.07) is 7.22. The van der Waals surface area contributed by atoms with Crippen molar-refractivity contribution in [1.82, 2.24) is 15.2 Å². The van der Waals surface area contributed by atoms with Crippen molar-refractivity contribution in [3.63, 3.8) is 0 Å². The summed E-state index contributed by atoms with van der Waals surface area (Å²) in [6.45, 7) is 4.58. The lowest BCUT2D eigenvalue weighted by molar-refractivity contribution is 0.101. The number of aromatic nitrogens is 3. The third-order valence-electron chi connectivity index (χ3n) is 3.17. The van der Waals surface area contributed by atoms with Gasteiger partial charge in [-0.1, -0.05) is 31.9 Å². The highest BCUT2D eigenvalue weighted by molar-refractivity contribution is 5.95. The molecule has 0 aliphatic rings. The maximum atomic E-state index is 11.4. The number of carbonyl (C=O) groups is 1. The van der Waals surface area contributed by atoms with E-state index in [1.54, 1.807) is 18.3 Å². The molecule has 0 bridgehead atoms. The van der Waals surface area contributed by atoms with E-state index in [2.05, 4.69) is 32.7 Å². The van der Waals surface area contributed by atoms with Crippen molar-refractivity contribution >= 4 is 23.2 Å². The molecule has 0 atom stereocenters. The second-order valence-electron chi connectivity index (χ2n) is 5.06. The van der Waals surface area contributed by atoms with E-state index in [0.717, 1.165) is 18.7 Å². The van der Waals surface area contributed by atoms with E-state index in [1.807, 2.05) is 12.1 Å². The highest BCUT2D eigenvalue weighted by Gasteiger charge is 2.04. The number of nitrogens with one attached hydrogen (secondary N) is 2. The normalized spacial score (nSPS) is 10.3. The average Bonchev–Trinajstić information content (AvgIpc) is 2.52. The molecule has 0 saturated heterocycles. The zero-order valence-corrected chi connectivity index (χ0v) is 13.0. The molecular formula is C16H21N5O. The van der Waals surface area contributed by atoms with Gasteiger partial charge in [0.05, 0.1) is 6.20 Å². The number of hydrogen-bond donors (Lipinski definition) is 2. The Morgan fingerprint density at radius 2 is 2.14 bits per heavy atom. The Labute approximate surface area is 130 Å². The predicted molar refractivity (Wildman–Crippen MR) is 87.6 cm³/mol.